The van der Waals surface area contributed by atoms with Gasteiger partial charge in [0.05, 0.1) is 19.0 Å². The van der Waals surface area contributed by atoms with Crippen molar-refractivity contribution in [1.82, 2.24) is 9.62 Å². The third kappa shape index (κ3) is 5.29. The monoisotopic (exact) mass is 354 g/mol. The Kier molecular flexibility index (Phi) is 6.37. The van der Waals surface area contributed by atoms with Gasteiger partial charge in [-0.2, -0.15) is 0 Å². The Labute approximate surface area is 144 Å². The molecule has 1 aliphatic heterocycles. The first-order valence-corrected chi connectivity index (χ1v) is 9.86. The number of amides is 1. The van der Waals surface area contributed by atoms with Crippen LogP contribution >= 0.6 is 0 Å². The molecule has 6 nitrogen and oxygen atoms in total. The van der Waals surface area contributed by atoms with E-state index < -0.39 is 16.1 Å². The predicted octanol–water partition coefficient (Wildman–Crippen LogP) is 1.30. The first kappa shape index (κ1) is 18.9. The van der Waals surface area contributed by atoms with Crippen molar-refractivity contribution < 1.29 is 17.9 Å². The van der Waals surface area contributed by atoms with Gasteiger partial charge in [0, 0.05) is 13.1 Å². The molecule has 1 saturated heterocycles. The van der Waals surface area contributed by atoms with Gasteiger partial charge >= 0.3 is 0 Å². The zero-order valence-electron chi connectivity index (χ0n) is 14.5. The summed E-state index contributed by atoms with van der Waals surface area (Å²) in [5.74, 6) is -0.443. The summed E-state index contributed by atoms with van der Waals surface area (Å²) in [6.07, 6.45) is 0. The molecule has 0 bridgehead atoms. The average molecular weight is 354 g/mol. The zero-order chi connectivity index (χ0) is 17.7. The van der Waals surface area contributed by atoms with E-state index >= 15 is 0 Å². The second-order valence-corrected chi connectivity index (χ2v) is 8.28. The number of carbonyl (C=O) groups is 1. The second-order valence-electron chi connectivity index (χ2n) is 6.52. The number of nitrogens with zero attached hydrogens (tertiary/aromatic N) is 1. The van der Waals surface area contributed by atoms with Crippen LogP contribution in [0.3, 0.4) is 0 Å². The maximum absolute atomic E-state index is 12.7. The van der Waals surface area contributed by atoms with Gasteiger partial charge in [0.1, 0.15) is 6.04 Å². The van der Waals surface area contributed by atoms with E-state index in [1.165, 1.54) is 0 Å². The van der Waals surface area contributed by atoms with Crippen LogP contribution in [-0.2, 0) is 25.3 Å². The summed E-state index contributed by atoms with van der Waals surface area (Å²) in [7, 11) is -3.60. The highest BCUT2D eigenvalue weighted by Gasteiger charge is 2.31. The summed E-state index contributed by atoms with van der Waals surface area (Å²) in [4.78, 5) is 14.3. The van der Waals surface area contributed by atoms with E-state index in [-0.39, 0.29) is 17.6 Å². The van der Waals surface area contributed by atoms with Crippen molar-refractivity contribution in [3.8, 4) is 0 Å². The minimum absolute atomic E-state index is 0.131. The molecular formula is C17H26N2O4S. The Morgan fingerprint density at radius 2 is 1.79 bits per heavy atom. The second kappa shape index (κ2) is 8.09. The number of rotatable bonds is 6. The summed E-state index contributed by atoms with van der Waals surface area (Å²) in [5.41, 5.74) is 1.78. The standard InChI is InChI=1S/C17H26N2O4S/c1-13(2)16(17(20)19-8-10-23-11-9-19)18-24(21,22)12-15-6-4-14(3)5-7-15/h4-7,13,16,18H,8-12H2,1-3H3/t16-/m0/s1. The lowest BCUT2D eigenvalue weighted by Gasteiger charge is -2.32. The van der Waals surface area contributed by atoms with E-state index in [0.29, 0.717) is 31.9 Å². The minimum Gasteiger partial charge on any atom is -0.378 e. The van der Waals surface area contributed by atoms with Gasteiger partial charge in [0.2, 0.25) is 15.9 Å². The Bertz CT molecular complexity index is 650. The van der Waals surface area contributed by atoms with Crippen LogP contribution in [0.4, 0.5) is 0 Å². The molecule has 0 spiro atoms. The molecule has 1 fully saturated rings. The Hall–Kier alpha value is -1.44. The molecule has 0 radical (unpaired) electrons. The fraction of sp³-hybridized carbons (Fsp3) is 0.588. The van der Waals surface area contributed by atoms with Crippen LogP contribution in [-0.4, -0.2) is 51.6 Å². The van der Waals surface area contributed by atoms with Crippen molar-refractivity contribution in [3.63, 3.8) is 0 Å². The molecule has 0 aliphatic carbocycles. The Balaban J connectivity index is 2.07. The number of hydrogen-bond donors (Lipinski definition) is 1. The van der Waals surface area contributed by atoms with Gasteiger partial charge in [-0.3, -0.25) is 4.79 Å². The molecule has 1 aromatic rings. The van der Waals surface area contributed by atoms with Crippen LogP contribution < -0.4 is 4.72 Å². The molecule has 134 valence electrons. The van der Waals surface area contributed by atoms with Crippen LogP contribution in [0.2, 0.25) is 0 Å². The largest absolute Gasteiger partial charge is 0.378 e. The van der Waals surface area contributed by atoms with E-state index in [1.807, 2.05) is 32.9 Å². The topological polar surface area (TPSA) is 75.7 Å². The average Bonchev–Trinajstić information content (AvgIpc) is 2.54. The van der Waals surface area contributed by atoms with Gasteiger partial charge in [-0.25, -0.2) is 13.1 Å². The summed E-state index contributed by atoms with van der Waals surface area (Å²) in [6.45, 7) is 7.63. The molecule has 0 saturated carbocycles. The fourth-order valence-electron chi connectivity index (χ4n) is 2.59. The number of carbonyl (C=O) groups excluding carboxylic acids is 1. The van der Waals surface area contributed by atoms with E-state index in [1.54, 1.807) is 17.0 Å². The lowest BCUT2D eigenvalue weighted by atomic mass is 10.0. The van der Waals surface area contributed by atoms with Crippen LogP contribution in [0, 0.1) is 12.8 Å². The number of hydrogen-bond acceptors (Lipinski definition) is 4. The van der Waals surface area contributed by atoms with Gasteiger partial charge < -0.3 is 9.64 Å². The summed E-state index contributed by atoms with van der Waals surface area (Å²) in [6, 6.07) is 6.59. The lowest BCUT2D eigenvalue weighted by Crippen LogP contribution is -2.53. The number of benzene rings is 1. The SMILES string of the molecule is Cc1ccc(CS(=O)(=O)N[C@H](C(=O)N2CCOCC2)C(C)C)cc1. The van der Waals surface area contributed by atoms with E-state index in [4.69, 9.17) is 4.74 Å². The Morgan fingerprint density at radius 1 is 1.21 bits per heavy atom. The molecule has 1 aromatic carbocycles. The maximum Gasteiger partial charge on any atom is 0.241 e. The number of ether oxygens (including phenoxy) is 1. The number of sulfonamides is 1. The molecule has 1 amide bonds. The number of aryl methyl sites for hydroxylation is 1. The smallest absolute Gasteiger partial charge is 0.241 e. The highest BCUT2D eigenvalue weighted by molar-refractivity contribution is 7.88. The first-order valence-electron chi connectivity index (χ1n) is 8.20. The van der Waals surface area contributed by atoms with E-state index in [9.17, 15) is 13.2 Å². The van der Waals surface area contributed by atoms with Crippen molar-refractivity contribution in [1.29, 1.82) is 0 Å². The van der Waals surface area contributed by atoms with Crippen LogP contribution in [0.25, 0.3) is 0 Å². The number of morpholine rings is 1. The highest BCUT2D eigenvalue weighted by Crippen LogP contribution is 2.12. The van der Waals surface area contributed by atoms with E-state index in [0.717, 1.165) is 5.56 Å². The van der Waals surface area contributed by atoms with Crippen molar-refractivity contribution in [2.75, 3.05) is 26.3 Å². The summed E-state index contributed by atoms with van der Waals surface area (Å²) >= 11 is 0. The molecule has 1 heterocycles. The molecule has 24 heavy (non-hydrogen) atoms. The molecule has 1 atom stereocenters. The molecule has 7 heteroatoms. The van der Waals surface area contributed by atoms with Crippen molar-refractivity contribution >= 4 is 15.9 Å². The number of nitrogens with one attached hydrogen (secondary N) is 1. The third-order valence-corrected chi connectivity index (χ3v) is 5.37. The normalized spacial score (nSPS) is 17.1. The minimum atomic E-state index is -3.60. The van der Waals surface area contributed by atoms with Gasteiger partial charge in [0.15, 0.2) is 0 Å². The quantitative estimate of drug-likeness (QED) is 0.835. The Morgan fingerprint density at radius 3 is 2.33 bits per heavy atom. The van der Waals surface area contributed by atoms with E-state index in [2.05, 4.69) is 4.72 Å². The van der Waals surface area contributed by atoms with Gasteiger partial charge in [-0.1, -0.05) is 43.7 Å². The molecule has 2 rings (SSSR count). The summed E-state index contributed by atoms with van der Waals surface area (Å²) < 4.78 is 32.8. The van der Waals surface area contributed by atoms with Crippen LogP contribution in [0.15, 0.2) is 24.3 Å². The molecule has 1 aliphatic rings. The molecular weight excluding hydrogens is 328 g/mol. The maximum atomic E-state index is 12.7. The summed E-state index contributed by atoms with van der Waals surface area (Å²) in [5, 5.41) is 0. The van der Waals surface area contributed by atoms with Gasteiger partial charge in [-0.15, -0.1) is 0 Å². The van der Waals surface area contributed by atoms with Crippen LogP contribution in [0.1, 0.15) is 25.0 Å². The molecule has 0 aromatic heterocycles. The van der Waals surface area contributed by atoms with Crippen LogP contribution in [0.5, 0.6) is 0 Å². The fourth-order valence-corrected chi connectivity index (χ4v) is 4.07. The van der Waals surface area contributed by atoms with Gasteiger partial charge in [0.25, 0.3) is 0 Å². The van der Waals surface area contributed by atoms with Crippen molar-refractivity contribution in [2.24, 2.45) is 5.92 Å². The predicted molar refractivity (Wildman–Crippen MR) is 93.0 cm³/mol. The molecule has 1 N–H and O–H groups in total. The van der Waals surface area contributed by atoms with Crippen molar-refractivity contribution in [2.45, 2.75) is 32.6 Å². The highest BCUT2D eigenvalue weighted by atomic mass is 32.2. The first-order chi connectivity index (χ1) is 11.3. The zero-order valence-corrected chi connectivity index (χ0v) is 15.3. The lowest BCUT2D eigenvalue weighted by molar-refractivity contribution is -0.138. The molecule has 0 unspecified atom stereocenters. The van der Waals surface area contributed by atoms with Gasteiger partial charge in [-0.05, 0) is 18.4 Å². The van der Waals surface area contributed by atoms with Crippen molar-refractivity contribution in [3.05, 3.63) is 35.4 Å². The third-order valence-electron chi connectivity index (χ3n) is 4.04.